The summed E-state index contributed by atoms with van der Waals surface area (Å²) >= 11 is 0. The first-order valence-corrected chi connectivity index (χ1v) is 5.95. The van der Waals surface area contributed by atoms with Crippen molar-refractivity contribution in [3.05, 3.63) is 59.4 Å². The topological polar surface area (TPSA) is 12.0 Å². The van der Waals surface area contributed by atoms with Gasteiger partial charge in [-0.1, -0.05) is 18.2 Å². The second kappa shape index (κ2) is 5.45. The molecule has 2 rings (SSSR count). The summed E-state index contributed by atoms with van der Waals surface area (Å²) in [6, 6.07) is 9.35. The molecule has 0 bridgehead atoms. The summed E-state index contributed by atoms with van der Waals surface area (Å²) in [6.07, 6.45) is 0. The lowest BCUT2D eigenvalue weighted by atomic mass is 9.99. The Morgan fingerprint density at radius 3 is 2.42 bits per heavy atom. The van der Waals surface area contributed by atoms with Gasteiger partial charge in [-0.3, -0.25) is 0 Å². The van der Waals surface area contributed by atoms with Crippen molar-refractivity contribution in [3.63, 3.8) is 0 Å². The van der Waals surface area contributed by atoms with Crippen LogP contribution >= 0.6 is 0 Å². The van der Waals surface area contributed by atoms with Crippen molar-refractivity contribution >= 4 is 0 Å². The molecule has 0 aliphatic heterocycles. The van der Waals surface area contributed by atoms with E-state index in [0.717, 1.165) is 11.6 Å². The van der Waals surface area contributed by atoms with Crippen molar-refractivity contribution in [1.29, 1.82) is 0 Å². The van der Waals surface area contributed by atoms with Gasteiger partial charge in [-0.2, -0.15) is 0 Å². The van der Waals surface area contributed by atoms with Gasteiger partial charge in [0.25, 0.3) is 0 Å². The third kappa shape index (κ3) is 2.63. The molecule has 0 saturated carbocycles. The van der Waals surface area contributed by atoms with Crippen molar-refractivity contribution in [2.45, 2.75) is 13.0 Å². The van der Waals surface area contributed by atoms with E-state index in [1.54, 1.807) is 18.2 Å². The molecule has 0 amide bonds. The zero-order chi connectivity index (χ0) is 14.0. The van der Waals surface area contributed by atoms with Gasteiger partial charge in [0.2, 0.25) is 0 Å². The van der Waals surface area contributed by atoms with Gasteiger partial charge >= 0.3 is 0 Å². The molecule has 0 saturated heterocycles. The minimum absolute atomic E-state index is 0.0593. The van der Waals surface area contributed by atoms with Crippen LogP contribution in [0.2, 0.25) is 0 Å². The molecule has 100 valence electrons. The summed E-state index contributed by atoms with van der Waals surface area (Å²) in [4.78, 5) is 0. The number of benzene rings is 2. The minimum atomic E-state index is -1.44. The van der Waals surface area contributed by atoms with Crippen molar-refractivity contribution in [1.82, 2.24) is 5.32 Å². The van der Waals surface area contributed by atoms with Crippen LogP contribution in [0.3, 0.4) is 0 Å². The molecule has 0 radical (unpaired) electrons. The van der Waals surface area contributed by atoms with Gasteiger partial charge in [-0.15, -0.1) is 0 Å². The molecule has 0 aliphatic rings. The van der Waals surface area contributed by atoms with Gasteiger partial charge in [0.05, 0.1) is 0 Å². The van der Waals surface area contributed by atoms with Crippen molar-refractivity contribution < 1.29 is 13.2 Å². The van der Waals surface area contributed by atoms with E-state index in [2.05, 4.69) is 5.32 Å². The third-order valence-electron chi connectivity index (χ3n) is 3.17. The van der Waals surface area contributed by atoms with Gasteiger partial charge < -0.3 is 5.32 Å². The summed E-state index contributed by atoms with van der Waals surface area (Å²) in [5, 5.41) is 3.07. The fourth-order valence-electron chi connectivity index (χ4n) is 1.89. The van der Waals surface area contributed by atoms with Crippen LogP contribution in [0.15, 0.2) is 36.4 Å². The zero-order valence-corrected chi connectivity index (χ0v) is 10.7. The van der Waals surface area contributed by atoms with Gasteiger partial charge in [0, 0.05) is 11.6 Å². The largest absolute Gasteiger partial charge is 0.313 e. The lowest BCUT2D eigenvalue weighted by Gasteiger charge is -2.12. The molecule has 0 aromatic heterocycles. The van der Waals surface area contributed by atoms with Crippen LogP contribution in [0.5, 0.6) is 0 Å². The number of nitrogens with one attached hydrogen (secondary N) is 1. The fraction of sp³-hybridized carbons (Fsp3) is 0.200. The summed E-state index contributed by atoms with van der Waals surface area (Å²) < 4.78 is 39.9. The molecule has 1 atom stereocenters. The molecule has 2 aromatic rings. The number of halogens is 3. The van der Waals surface area contributed by atoms with Crippen LogP contribution in [0.4, 0.5) is 13.2 Å². The molecule has 1 unspecified atom stereocenters. The highest BCUT2D eigenvalue weighted by molar-refractivity contribution is 5.65. The maximum absolute atomic E-state index is 13.7. The normalized spacial score (nSPS) is 12.5. The Hall–Kier alpha value is -1.81. The van der Waals surface area contributed by atoms with E-state index < -0.39 is 17.5 Å². The van der Waals surface area contributed by atoms with E-state index in [-0.39, 0.29) is 11.6 Å². The Morgan fingerprint density at radius 1 is 1.00 bits per heavy atom. The van der Waals surface area contributed by atoms with Gasteiger partial charge in [0.1, 0.15) is 0 Å². The molecular formula is C15H14F3N. The lowest BCUT2D eigenvalue weighted by Crippen LogP contribution is -2.12. The molecule has 4 heteroatoms. The summed E-state index contributed by atoms with van der Waals surface area (Å²) in [5.74, 6) is -3.78. The first kappa shape index (κ1) is 13.6. The molecule has 1 nitrogen and oxygen atoms in total. The monoisotopic (exact) mass is 265 g/mol. The van der Waals surface area contributed by atoms with Crippen LogP contribution in [0, 0.1) is 17.5 Å². The van der Waals surface area contributed by atoms with E-state index in [0.29, 0.717) is 5.56 Å². The highest BCUT2D eigenvalue weighted by atomic mass is 19.2. The van der Waals surface area contributed by atoms with Gasteiger partial charge in [-0.25, -0.2) is 13.2 Å². The fourth-order valence-corrected chi connectivity index (χ4v) is 1.89. The first-order chi connectivity index (χ1) is 9.04. The van der Waals surface area contributed by atoms with Crippen LogP contribution in [-0.4, -0.2) is 7.05 Å². The van der Waals surface area contributed by atoms with E-state index in [1.807, 2.05) is 20.0 Å². The Morgan fingerprint density at radius 2 is 1.74 bits per heavy atom. The molecule has 1 N–H and O–H groups in total. The molecule has 19 heavy (non-hydrogen) atoms. The van der Waals surface area contributed by atoms with Crippen LogP contribution in [0.1, 0.15) is 18.5 Å². The Labute approximate surface area is 110 Å². The SMILES string of the molecule is CNC(C)c1cccc(-c2ccc(F)c(F)c2F)c1. The average molecular weight is 265 g/mol. The third-order valence-corrected chi connectivity index (χ3v) is 3.17. The van der Waals surface area contributed by atoms with Crippen LogP contribution in [-0.2, 0) is 0 Å². The smallest absolute Gasteiger partial charge is 0.195 e. The maximum atomic E-state index is 13.7. The lowest BCUT2D eigenvalue weighted by molar-refractivity contribution is 0.449. The van der Waals surface area contributed by atoms with E-state index in [4.69, 9.17) is 0 Å². The Kier molecular flexibility index (Phi) is 3.90. The predicted molar refractivity (Wildman–Crippen MR) is 69.2 cm³/mol. The summed E-state index contributed by atoms with van der Waals surface area (Å²) in [6.45, 7) is 1.96. The second-order valence-corrected chi connectivity index (χ2v) is 4.36. The minimum Gasteiger partial charge on any atom is -0.313 e. The number of hydrogen-bond donors (Lipinski definition) is 1. The van der Waals surface area contributed by atoms with Crippen molar-refractivity contribution in [2.75, 3.05) is 7.05 Å². The molecule has 0 spiro atoms. The molecule has 0 heterocycles. The predicted octanol–water partition coefficient (Wildman–Crippen LogP) is 4.05. The van der Waals surface area contributed by atoms with Crippen LogP contribution in [0.25, 0.3) is 11.1 Å². The standard InChI is InChI=1S/C15H14F3N/c1-9(19-2)10-4-3-5-11(8-10)12-6-7-13(16)15(18)14(12)17/h3-9,19H,1-2H3. The highest BCUT2D eigenvalue weighted by Crippen LogP contribution is 2.27. The molecule has 0 fully saturated rings. The maximum Gasteiger partial charge on any atom is 0.195 e. The Balaban J connectivity index is 2.51. The second-order valence-electron chi connectivity index (χ2n) is 4.36. The van der Waals surface area contributed by atoms with E-state index in [1.165, 1.54) is 6.07 Å². The summed E-state index contributed by atoms with van der Waals surface area (Å²) in [5.41, 5.74) is 1.53. The van der Waals surface area contributed by atoms with E-state index >= 15 is 0 Å². The first-order valence-electron chi connectivity index (χ1n) is 5.95. The zero-order valence-electron chi connectivity index (χ0n) is 10.7. The highest BCUT2D eigenvalue weighted by Gasteiger charge is 2.15. The Bertz CT molecular complexity index is 596. The van der Waals surface area contributed by atoms with Crippen molar-refractivity contribution in [2.24, 2.45) is 0 Å². The number of hydrogen-bond acceptors (Lipinski definition) is 1. The van der Waals surface area contributed by atoms with Crippen LogP contribution < -0.4 is 5.32 Å². The molecule has 0 aliphatic carbocycles. The summed E-state index contributed by atoms with van der Waals surface area (Å²) in [7, 11) is 1.81. The van der Waals surface area contributed by atoms with Gasteiger partial charge in [-0.05, 0) is 43.3 Å². The quantitative estimate of drug-likeness (QED) is 0.825. The molecular weight excluding hydrogens is 251 g/mol. The van der Waals surface area contributed by atoms with Gasteiger partial charge in [0.15, 0.2) is 17.5 Å². The van der Waals surface area contributed by atoms with Crippen molar-refractivity contribution in [3.8, 4) is 11.1 Å². The average Bonchev–Trinajstić information content (AvgIpc) is 2.44. The molecule has 2 aromatic carbocycles. The number of rotatable bonds is 3. The van der Waals surface area contributed by atoms with E-state index in [9.17, 15) is 13.2 Å².